The fourth-order valence-electron chi connectivity index (χ4n) is 3.36. The third-order valence-corrected chi connectivity index (χ3v) is 6.47. The molecule has 160 valence electrons. The second-order valence-corrected chi connectivity index (χ2v) is 9.52. The van der Waals surface area contributed by atoms with E-state index in [4.69, 9.17) is 9.15 Å². The highest BCUT2D eigenvalue weighted by Crippen LogP contribution is 2.33. The zero-order valence-corrected chi connectivity index (χ0v) is 21.7. The number of fused-ring (bicyclic) bond motifs is 1. The molecule has 3 aromatic rings. The Labute approximate surface area is 205 Å². The van der Waals surface area contributed by atoms with Crippen molar-refractivity contribution in [3.8, 4) is 5.75 Å². The Hall–Kier alpha value is -1.13. The molecule has 0 saturated carbocycles. The molecule has 0 unspecified atom stereocenters. The molecule has 0 saturated heterocycles. The molecular formula is C24H27I2NO3. The Balaban J connectivity index is 1.88. The van der Waals surface area contributed by atoms with Crippen molar-refractivity contribution in [1.82, 2.24) is 5.32 Å². The van der Waals surface area contributed by atoms with Crippen LogP contribution in [-0.2, 0) is 6.42 Å². The minimum Gasteiger partial charge on any atom is -0.490 e. The van der Waals surface area contributed by atoms with E-state index in [1.165, 1.54) is 0 Å². The van der Waals surface area contributed by atoms with Crippen molar-refractivity contribution < 1.29 is 13.9 Å². The van der Waals surface area contributed by atoms with Gasteiger partial charge in [-0.05, 0) is 82.8 Å². The van der Waals surface area contributed by atoms with E-state index in [-0.39, 0.29) is 5.78 Å². The lowest BCUT2D eigenvalue weighted by Crippen LogP contribution is -2.22. The maximum atomic E-state index is 13.5. The number of unbranched alkanes of at least 4 members (excludes halogenated alkanes) is 1. The lowest BCUT2D eigenvalue weighted by Gasteiger charge is -2.13. The van der Waals surface area contributed by atoms with Crippen molar-refractivity contribution in [2.75, 3.05) is 19.7 Å². The summed E-state index contributed by atoms with van der Waals surface area (Å²) in [7, 11) is 0. The predicted octanol–water partition coefficient (Wildman–Crippen LogP) is 6.59. The number of aryl methyl sites for hydroxylation is 1. The Morgan fingerprint density at radius 2 is 1.80 bits per heavy atom. The summed E-state index contributed by atoms with van der Waals surface area (Å²) in [5, 5.41) is 4.23. The van der Waals surface area contributed by atoms with Gasteiger partial charge in [-0.25, -0.2) is 0 Å². The number of hydrogen-bond acceptors (Lipinski definition) is 4. The summed E-state index contributed by atoms with van der Waals surface area (Å²) in [5.74, 6) is 1.64. The monoisotopic (exact) mass is 631 g/mol. The van der Waals surface area contributed by atoms with Crippen molar-refractivity contribution in [1.29, 1.82) is 0 Å². The van der Waals surface area contributed by atoms with Gasteiger partial charge in [0.25, 0.3) is 0 Å². The number of nitrogens with one attached hydrogen (secondary N) is 1. The molecule has 0 aliphatic rings. The largest absolute Gasteiger partial charge is 0.490 e. The number of para-hydroxylation sites is 1. The van der Waals surface area contributed by atoms with Gasteiger partial charge in [0, 0.05) is 23.9 Å². The van der Waals surface area contributed by atoms with Crippen LogP contribution in [0.25, 0.3) is 11.0 Å². The number of ketones is 1. The molecule has 0 fully saturated rings. The first-order valence-electron chi connectivity index (χ1n) is 10.4. The summed E-state index contributed by atoms with van der Waals surface area (Å²) >= 11 is 4.51. The van der Waals surface area contributed by atoms with Crippen molar-refractivity contribution in [2.45, 2.75) is 39.5 Å². The Morgan fingerprint density at radius 1 is 1.07 bits per heavy atom. The van der Waals surface area contributed by atoms with E-state index in [9.17, 15) is 4.79 Å². The third kappa shape index (κ3) is 5.56. The summed E-state index contributed by atoms with van der Waals surface area (Å²) in [6, 6.07) is 11.6. The number of furan rings is 1. The normalized spacial score (nSPS) is 11.2. The van der Waals surface area contributed by atoms with E-state index in [2.05, 4.69) is 64.3 Å². The lowest BCUT2D eigenvalue weighted by molar-refractivity contribution is 0.103. The molecule has 0 aliphatic carbocycles. The zero-order valence-electron chi connectivity index (χ0n) is 17.4. The quantitative estimate of drug-likeness (QED) is 0.147. The van der Waals surface area contributed by atoms with Crippen LogP contribution in [0.5, 0.6) is 5.75 Å². The van der Waals surface area contributed by atoms with Gasteiger partial charge in [0.2, 0.25) is 0 Å². The molecule has 1 heterocycles. The Bertz CT molecular complexity index is 990. The second-order valence-electron chi connectivity index (χ2n) is 7.20. The van der Waals surface area contributed by atoms with E-state index in [1.807, 2.05) is 36.4 Å². The molecule has 0 spiro atoms. The molecule has 6 heteroatoms. The molecule has 0 aliphatic heterocycles. The van der Waals surface area contributed by atoms with Crippen LogP contribution in [0, 0.1) is 7.14 Å². The third-order valence-electron chi connectivity index (χ3n) is 4.87. The SMILES string of the molecule is CCCCc1oc2ccccc2c1C(=O)c1cc(I)c(OCCNCCC)c(I)c1. The van der Waals surface area contributed by atoms with Gasteiger partial charge < -0.3 is 14.5 Å². The number of carbonyl (C=O) groups is 1. The van der Waals surface area contributed by atoms with E-state index in [1.54, 1.807) is 0 Å². The highest BCUT2D eigenvalue weighted by molar-refractivity contribution is 14.1. The molecule has 0 atom stereocenters. The predicted molar refractivity (Wildman–Crippen MR) is 139 cm³/mol. The molecule has 1 N–H and O–H groups in total. The molecule has 1 aromatic heterocycles. The van der Waals surface area contributed by atoms with Gasteiger partial charge in [0.1, 0.15) is 23.7 Å². The van der Waals surface area contributed by atoms with Crippen molar-refractivity contribution in [2.24, 2.45) is 0 Å². The van der Waals surface area contributed by atoms with Gasteiger partial charge in [0.15, 0.2) is 5.78 Å². The highest BCUT2D eigenvalue weighted by Gasteiger charge is 2.23. The second kappa shape index (κ2) is 11.5. The fraction of sp³-hybridized carbons (Fsp3) is 0.375. The zero-order chi connectivity index (χ0) is 21.5. The number of benzene rings is 2. The van der Waals surface area contributed by atoms with Crippen LogP contribution in [-0.4, -0.2) is 25.5 Å². The Morgan fingerprint density at radius 3 is 2.50 bits per heavy atom. The van der Waals surface area contributed by atoms with Gasteiger partial charge in [-0.15, -0.1) is 0 Å². The lowest BCUT2D eigenvalue weighted by atomic mass is 9.98. The molecule has 2 aromatic carbocycles. The highest BCUT2D eigenvalue weighted by atomic mass is 127. The topological polar surface area (TPSA) is 51.5 Å². The van der Waals surface area contributed by atoms with Crippen LogP contribution >= 0.6 is 45.2 Å². The van der Waals surface area contributed by atoms with E-state index in [0.29, 0.717) is 17.7 Å². The van der Waals surface area contributed by atoms with Crippen LogP contribution in [0.4, 0.5) is 0 Å². The van der Waals surface area contributed by atoms with Gasteiger partial charge in [-0.1, -0.05) is 38.5 Å². The van der Waals surface area contributed by atoms with Crippen molar-refractivity contribution in [3.05, 3.63) is 60.4 Å². The number of rotatable bonds is 11. The van der Waals surface area contributed by atoms with Gasteiger partial charge in [-0.3, -0.25) is 4.79 Å². The molecule has 0 radical (unpaired) electrons. The minimum atomic E-state index is 0.0121. The minimum absolute atomic E-state index is 0.0121. The molecular weight excluding hydrogens is 604 g/mol. The van der Waals surface area contributed by atoms with Crippen LogP contribution in [0.1, 0.15) is 54.8 Å². The van der Waals surface area contributed by atoms with Gasteiger partial charge >= 0.3 is 0 Å². The standard InChI is InChI=1S/C24H27I2NO3/c1-3-5-9-21-22(17-8-6-7-10-20(17)30-21)23(28)16-14-18(25)24(19(26)15-16)29-13-12-27-11-4-2/h6-8,10,14-15,27H,3-5,9,11-13H2,1-2H3. The fourth-order valence-corrected chi connectivity index (χ4v) is 5.44. The first-order valence-corrected chi connectivity index (χ1v) is 12.6. The molecule has 0 amide bonds. The van der Waals surface area contributed by atoms with E-state index >= 15 is 0 Å². The molecule has 30 heavy (non-hydrogen) atoms. The van der Waals surface area contributed by atoms with Gasteiger partial charge in [0.05, 0.1) is 12.7 Å². The number of carbonyl (C=O) groups excluding carboxylic acids is 1. The maximum Gasteiger partial charge on any atom is 0.197 e. The summed E-state index contributed by atoms with van der Waals surface area (Å²) in [5.41, 5.74) is 2.14. The smallest absolute Gasteiger partial charge is 0.197 e. The van der Waals surface area contributed by atoms with Gasteiger partial charge in [-0.2, -0.15) is 0 Å². The summed E-state index contributed by atoms with van der Waals surface area (Å²) < 4.78 is 13.9. The maximum absolute atomic E-state index is 13.5. The summed E-state index contributed by atoms with van der Waals surface area (Å²) in [6.07, 6.45) is 3.93. The van der Waals surface area contributed by atoms with Crippen LogP contribution in [0.15, 0.2) is 40.8 Å². The molecule has 4 nitrogen and oxygen atoms in total. The number of halogens is 2. The average molecular weight is 631 g/mol. The van der Waals surface area contributed by atoms with Crippen LogP contribution in [0.3, 0.4) is 0 Å². The molecule has 0 bridgehead atoms. The van der Waals surface area contributed by atoms with Crippen LogP contribution in [0.2, 0.25) is 0 Å². The average Bonchev–Trinajstić information content (AvgIpc) is 3.11. The first-order chi connectivity index (χ1) is 14.6. The summed E-state index contributed by atoms with van der Waals surface area (Å²) in [6.45, 7) is 6.69. The van der Waals surface area contributed by atoms with Crippen molar-refractivity contribution in [3.63, 3.8) is 0 Å². The molecule has 3 rings (SSSR count). The summed E-state index contributed by atoms with van der Waals surface area (Å²) in [4.78, 5) is 13.5. The van der Waals surface area contributed by atoms with Crippen LogP contribution < -0.4 is 10.1 Å². The number of ether oxygens (including phenoxy) is 1. The number of hydrogen-bond donors (Lipinski definition) is 1. The van der Waals surface area contributed by atoms with E-state index < -0.39 is 0 Å². The van der Waals surface area contributed by atoms with Crippen molar-refractivity contribution >= 4 is 61.9 Å². The first kappa shape index (κ1) is 23.5. The van der Waals surface area contributed by atoms with E-state index in [0.717, 1.165) is 68.4 Å². The Kier molecular flexibility index (Phi) is 9.00.